The number of hydrogen-bond donors (Lipinski definition) is 3. The van der Waals surface area contributed by atoms with Crippen LogP contribution in [0.5, 0.6) is 0 Å². The maximum Gasteiger partial charge on any atom is 0.323 e. The maximum absolute atomic E-state index is 11.5. The standard InChI is InChI=1S/C8H18N2O3S/c1-3-5-14(10,13)6-4-8(2,9)7(11)12/h6H,3-5,9H2,1-2H3,(H2,10,13)(H,11,12). The number of nitrogens with two attached hydrogens (primary N) is 2. The van der Waals surface area contributed by atoms with Crippen molar-refractivity contribution >= 4 is 21.0 Å². The molecule has 0 saturated carbocycles. The molecule has 5 nitrogen and oxygen atoms in total. The van der Waals surface area contributed by atoms with Crippen molar-refractivity contribution in [3.05, 3.63) is 0 Å². The molecule has 2 unspecified atom stereocenters. The smallest absolute Gasteiger partial charge is 0.323 e. The third-order valence-electron chi connectivity index (χ3n) is 1.80. The number of rotatable bonds is 5. The van der Waals surface area contributed by atoms with Gasteiger partial charge < -0.3 is 10.8 Å². The van der Waals surface area contributed by atoms with Crippen molar-refractivity contribution in [1.29, 1.82) is 0 Å². The third-order valence-corrected chi connectivity index (χ3v) is 3.58. The Morgan fingerprint density at radius 3 is 2.50 bits per heavy atom. The van der Waals surface area contributed by atoms with Crippen LogP contribution in [0.3, 0.4) is 0 Å². The zero-order chi connectivity index (χ0) is 11.4. The summed E-state index contributed by atoms with van der Waals surface area (Å²) in [5, 5.41) is 15.5. The summed E-state index contributed by atoms with van der Waals surface area (Å²) in [5.41, 5.74) is 4.06. The summed E-state index contributed by atoms with van der Waals surface area (Å²) in [6.45, 7) is 3.23. The Kier molecular flexibility index (Phi) is 4.57. The van der Waals surface area contributed by atoms with Crippen molar-refractivity contribution < 1.29 is 14.1 Å². The summed E-state index contributed by atoms with van der Waals surface area (Å²) >= 11 is 0. The molecule has 0 aliphatic carbocycles. The molecule has 0 aromatic carbocycles. The van der Waals surface area contributed by atoms with Crippen molar-refractivity contribution in [3.8, 4) is 0 Å². The lowest BCUT2D eigenvalue weighted by Crippen LogP contribution is -2.45. The summed E-state index contributed by atoms with van der Waals surface area (Å²) in [4.78, 5) is 10.6. The summed E-state index contributed by atoms with van der Waals surface area (Å²) in [7, 11) is -2.52. The van der Waals surface area contributed by atoms with Crippen LogP contribution in [0.1, 0.15) is 26.7 Å². The van der Waals surface area contributed by atoms with Crippen LogP contribution < -0.4 is 10.9 Å². The summed E-state index contributed by atoms with van der Waals surface area (Å²) in [5.74, 6) is -0.761. The molecule has 0 aromatic rings. The number of hydrogen-bond acceptors (Lipinski definition) is 3. The molecule has 0 bridgehead atoms. The molecular weight excluding hydrogens is 204 g/mol. The molecule has 0 amide bonds. The first-order valence-corrected chi connectivity index (χ1v) is 6.22. The monoisotopic (exact) mass is 222 g/mol. The lowest BCUT2D eigenvalue weighted by Gasteiger charge is -2.17. The predicted molar refractivity (Wildman–Crippen MR) is 58.4 cm³/mol. The minimum Gasteiger partial charge on any atom is -0.480 e. The van der Waals surface area contributed by atoms with Gasteiger partial charge in [0.05, 0.1) is 0 Å². The second kappa shape index (κ2) is 4.77. The van der Waals surface area contributed by atoms with Crippen LogP contribution in [-0.2, 0) is 14.5 Å². The van der Waals surface area contributed by atoms with Crippen LogP contribution in [0, 0.1) is 0 Å². The van der Waals surface area contributed by atoms with Gasteiger partial charge in [-0.2, -0.15) is 0 Å². The van der Waals surface area contributed by atoms with E-state index in [1.54, 1.807) is 0 Å². The average Bonchev–Trinajstić information content (AvgIpc) is 2.01. The largest absolute Gasteiger partial charge is 0.480 e. The second-order valence-corrected chi connectivity index (χ2v) is 5.88. The molecule has 0 aliphatic rings. The molecule has 0 radical (unpaired) electrons. The van der Waals surface area contributed by atoms with Gasteiger partial charge in [0.2, 0.25) is 0 Å². The minimum absolute atomic E-state index is 0.0116. The summed E-state index contributed by atoms with van der Waals surface area (Å²) in [6.07, 6.45) is 0.706. The van der Waals surface area contributed by atoms with Crippen LogP contribution in [0.25, 0.3) is 0 Å². The lowest BCUT2D eigenvalue weighted by molar-refractivity contribution is -0.142. The zero-order valence-corrected chi connectivity index (χ0v) is 9.34. The van der Waals surface area contributed by atoms with Gasteiger partial charge in [0.1, 0.15) is 5.54 Å². The highest BCUT2D eigenvalue weighted by molar-refractivity contribution is 7.99. The van der Waals surface area contributed by atoms with Crippen LogP contribution in [0.2, 0.25) is 0 Å². The summed E-state index contributed by atoms with van der Waals surface area (Å²) in [6, 6.07) is 0. The lowest BCUT2D eigenvalue weighted by atomic mass is 10.0. The van der Waals surface area contributed by atoms with E-state index in [0.717, 1.165) is 0 Å². The van der Waals surface area contributed by atoms with Crippen molar-refractivity contribution in [2.45, 2.75) is 32.2 Å². The van der Waals surface area contributed by atoms with Gasteiger partial charge in [-0.25, -0.2) is 0 Å². The highest BCUT2D eigenvalue weighted by atomic mass is 32.2. The second-order valence-electron chi connectivity index (χ2n) is 3.58. The Bertz CT molecular complexity index is 317. The van der Waals surface area contributed by atoms with Gasteiger partial charge in [-0.3, -0.25) is 14.1 Å². The molecule has 84 valence electrons. The van der Waals surface area contributed by atoms with Gasteiger partial charge in [0.25, 0.3) is 0 Å². The van der Waals surface area contributed by atoms with Gasteiger partial charge in [-0.05, 0) is 18.7 Å². The quantitative estimate of drug-likeness (QED) is 0.547. The molecule has 0 aromatic heterocycles. The maximum atomic E-state index is 11.5. The van der Waals surface area contributed by atoms with E-state index in [9.17, 15) is 9.00 Å². The molecule has 6 heteroatoms. The minimum atomic E-state index is -2.52. The van der Waals surface area contributed by atoms with Crippen LogP contribution >= 0.6 is 0 Å². The van der Waals surface area contributed by atoms with E-state index in [4.69, 9.17) is 16.0 Å². The molecule has 2 atom stereocenters. The van der Waals surface area contributed by atoms with E-state index >= 15 is 0 Å². The highest BCUT2D eigenvalue weighted by Gasteiger charge is 2.26. The molecule has 0 heterocycles. The Hall–Kier alpha value is -0.590. The summed E-state index contributed by atoms with van der Waals surface area (Å²) < 4.78 is 11.5. The molecule has 14 heavy (non-hydrogen) atoms. The first kappa shape index (κ1) is 13.4. The van der Waals surface area contributed by atoms with Crippen molar-refractivity contribution in [1.82, 2.24) is 0 Å². The fourth-order valence-electron chi connectivity index (χ4n) is 0.804. The normalized spacial score (nSPS) is 19.4. The number of carboxylic acid groups (broad SMARTS) is 1. The van der Waals surface area contributed by atoms with E-state index in [2.05, 4.69) is 0 Å². The first-order valence-electron chi connectivity index (χ1n) is 4.36. The number of aliphatic carboxylic acids is 1. The fourth-order valence-corrected chi connectivity index (χ4v) is 2.24. The van der Waals surface area contributed by atoms with Gasteiger partial charge in [0, 0.05) is 21.9 Å². The van der Waals surface area contributed by atoms with Crippen molar-refractivity contribution in [2.75, 3.05) is 5.75 Å². The topological polar surface area (TPSA) is 106 Å². The molecule has 5 N–H and O–H groups in total. The van der Waals surface area contributed by atoms with Gasteiger partial charge >= 0.3 is 5.97 Å². The van der Waals surface area contributed by atoms with E-state index in [0.29, 0.717) is 12.2 Å². The number of carboxylic acids is 1. The van der Waals surface area contributed by atoms with Gasteiger partial charge in [0.15, 0.2) is 0 Å². The van der Waals surface area contributed by atoms with E-state index in [1.165, 1.54) is 12.3 Å². The molecule has 0 spiro atoms. The molecule has 0 saturated heterocycles. The average molecular weight is 222 g/mol. The molecule has 0 rings (SSSR count). The van der Waals surface area contributed by atoms with Crippen molar-refractivity contribution in [2.24, 2.45) is 10.9 Å². The molecular formula is C8H18N2O3S. The molecule has 0 aliphatic heterocycles. The highest BCUT2D eigenvalue weighted by Crippen LogP contribution is 2.04. The third kappa shape index (κ3) is 4.59. The van der Waals surface area contributed by atoms with Crippen LogP contribution in [0.15, 0.2) is 0 Å². The Morgan fingerprint density at radius 1 is 1.64 bits per heavy atom. The Morgan fingerprint density at radius 2 is 2.14 bits per heavy atom. The molecule has 0 fully saturated rings. The van der Waals surface area contributed by atoms with Gasteiger partial charge in [-0.15, -0.1) is 0 Å². The van der Waals surface area contributed by atoms with E-state index in [-0.39, 0.29) is 6.42 Å². The zero-order valence-electron chi connectivity index (χ0n) is 8.53. The van der Waals surface area contributed by atoms with E-state index < -0.39 is 21.2 Å². The van der Waals surface area contributed by atoms with Gasteiger partial charge in [-0.1, -0.05) is 6.92 Å². The van der Waals surface area contributed by atoms with E-state index in [1.807, 2.05) is 6.92 Å². The Balaban J connectivity index is 4.57. The van der Waals surface area contributed by atoms with Crippen molar-refractivity contribution in [3.63, 3.8) is 0 Å². The first-order chi connectivity index (χ1) is 6.21. The van der Waals surface area contributed by atoms with Crippen LogP contribution in [-0.4, -0.2) is 31.9 Å². The number of carbonyl (C=O) groups is 1. The predicted octanol–water partition coefficient (Wildman–Crippen LogP) is -0.451. The van der Waals surface area contributed by atoms with Crippen LogP contribution in [0.4, 0.5) is 0 Å². The SMILES string of the molecule is CCCS(N)(=O)=CCC(C)(N)C(=O)O. The Labute approximate surface area is 84.6 Å². The fraction of sp³-hybridized carbons (Fsp3) is 0.750.